The average molecular weight is 303 g/mol. The Bertz CT molecular complexity index is 1090. The number of nitrogens with one attached hydrogen (secondary N) is 3. The van der Waals surface area contributed by atoms with Gasteiger partial charge in [-0.05, 0) is 35.0 Å². The van der Waals surface area contributed by atoms with Gasteiger partial charge in [-0.2, -0.15) is 0 Å². The second kappa shape index (κ2) is 5.14. The van der Waals surface area contributed by atoms with Crippen LogP contribution in [0.3, 0.4) is 0 Å². The Morgan fingerprint density at radius 1 is 0.870 bits per heavy atom. The van der Waals surface area contributed by atoms with E-state index in [1.54, 1.807) is 24.3 Å². The van der Waals surface area contributed by atoms with Crippen molar-refractivity contribution in [1.82, 2.24) is 9.97 Å². The summed E-state index contributed by atoms with van der Waals surface area (Å²) in [6.07, 6.45) is 0. The topological polar surface area (TPSA) is 77.8 Å². The summed E-state index contributed by atoms with van der Waals surface area (Å²) in [4.78, 5) is 29.2. The lowest BCUT2D eigenvalue weighted by Crippen LogP contribution is -2.12. The minimum absolute atomic E-state index is 0.181. The zero-order valence-corrected chi connectivity index (χ0v) is 12.1. The lowest BCUT2D eigenvalue weighted by molar-refractivity contribution is 0.102. The Hall–Kier alpha value is -3.34. The fourth-order valence-electron chi connectivity index (χ4n) is 2.73. The Kier molecular flexibility index (Phi) is 2.98. The van der Waals surface area contributed by atoms with Gasteiger partial charge in [0.05, 0.1) is 11.0 Å². The molecule has 4 aromatic rings. The van der Waals surface area contributed by atoms with E-state index in [0.29, 0.717) is 22.3 Å². The molecule has 4 rings (SSSR count). The Morgan fingerprint density at radius 3 is 2.57 bits per heavy atom. The fraction of sp³-hybridized carbons (Fsp3) is 0. The minimum Gasteiger partial charge on any atom is -0.322 e. The van der Waals surface area contributed by atoms with Gasteiger partial charge in [-0.1, -0.05) is 36.4 Å². The molecule has 0 bridgehead atoms. The maximum Gasteiger partial charge on any atom is 0.323 e. The van der Waals surface area contributed by atoms with Gasteiger partial charge in [0.1, 0.15) is 0 Å². The zero-order chi connectivity index (χ0) is 15.8. The fourth-order valence-corrected chi connectivity index (χ4v) is 2.73. The molecule has 112 valence electrons. The van der Waals surface area contributed by atoms with E-state index in [2.05, 4.69) is 15.3 Å². The molecule has 0 saturated carbocycles. The van der Waals surface area contributed by atoms with Crippen molar-refractivity contribution in [2.24, 2.45) is 0 Å². The number of rotatable bonds is 2. The first-order chi connectivity index (χ1) is 11.2. The van der Waals surface area contributed by atoms with E-state index in [1.165, 1.54) is 0 Å². The highest BCUT2D eigenvalue weighted by atomic mass is 16.2. The standard InChI is InChI=1S/C18H13N3O2/c22-17(14-7-3-5-11-4-1-2-6-13(11)14)19-12-8-9-15-16(10-12)21-18(23)20-15/h1-10H,(H,19,22)(H2,20,21,23). The van der Waals surface area contributed by atoms with Crippen molar-refractivity contribution in [2.75, 3.05) is 5.32 Å². The molecule has 3 aromatic carbocycles. The summed E-state index contributed by atoms with van der Waals surface area (Å²) in [6.45, 7) is 0. The van der Waals surface area contributed by atoms with Crippen molar-refractivity contribution in [3.05, 3.63) is 76.7 Å². The molecule has 0 aliphatic carbocycles. The molecule has 5 nitrogen and oxygen atoms in total. The molecule has 3 N–H and O–H groups in total. The summed E-state index contributed by atoms with van der Waals surface area (Å²) >= 11 is 0. The van der Waals surface area contributed by atoms with Crippen molar-refractivity contribution >= 4 is 33.4 Å². The molecule has 1 heterocycles. The van der Waals surface area contributed by atoms with Crippen LogP contribution in [-0.4, -0.2) is 15.9 Å². The number of anilines is 1. The van der Waals surface area contributed by atoms with E-state index in [-0.39, 0.29) is 11.6 Å². The van der Waals surface area contributed by atoms with Crippen molar-refractivity contribution in [3.63, 3.8) is 0 Å². The van der Waals surface area contributed by atoms with Crippen LogP contribution < -0.4 is 11.0 Å². The van der Waals surface area contributed by atoms with Crippen molar-refractivity contribution < 1.29 is 4.79 Å². The van der Waals surface area contributed by atoms with Crippen molar-refractivity contribution in [2.45, 2.75) is 0 Å². The lowest BCUT2D eigenvalue weighted by atomic mass is 10.0. The first-order valence-electron chi connectivity index (χ1n) is 7.22. The van der Waals surface area contributed by atoms with Gasteiger partial charge >= 0.3 is 5.69 Å². The first-order valence-corrected chi connectivity index (χ1v) is 7.22. The second-order valence-corrected chi connectivity index (χ2v) is 5.32. The lowest BCUT2D eigenvalue weighted by Gasteiger charge is -2.08. The van der Waals surface area contributed by atoms with Gasteiger partial charge in [0, 0.05) is 11.3 Å². The maximum atomic E-state index is 12.6. The van der Waals surface area contributed by atoms with Crippen LogP contribution in [0.1, 0.15) is 10.4 Å². The number of hydrogen-bond acceptors (Lipinski definition) is 2. The highest BCUT2D eigenvalue weighted by molar-refractivity contribution is 6.13. The predicted molar refractivity (Wildman–Crippen MR) is 90.8 cm³/mol. The zero-order valence-electron chi connectivity index (χ0n) is 12.1. The van der Waals surface area contributed by atoms with Gasteiger partial charge < -0.3 is 15.3 Å². The molecule has 0 aliphatic rings. The summed E-state index contributed by atoms with van der Waals surface area (Å²) in [5.74, 6) is -0.181. The SMILES string of the molecule is O=C(Nc1ccc2[nH]c(=O)[nH]c2c1)c1cccc2ccccc12. The average Bonchev–Trinajstić information content (AvgIpc) is 2.93. The van der Waals surface area contributed by atoms with Gasteiger partial charge in [-0.15, -0.1) is 0 Å². The second-order valence-electron chi connectivity index (χ2n) is 5.32. The number of imidazole rings is 1. The molecule has 0 atom stereocenters. The molecule has 0 spiro atoms. The quantitative estimate of drug-likeness (QED) is 0.531. The molecule has 23 heavy (non-hydrogen) atoms. The van der Waals surface area contributed by atoms with E-state index in [0.717, 1.165) is 10.8 Å². The monoisotopic (exact) mass is 303 g/mol. The maximum absolute atomic E-state index is 12.6. The van der Waals surface area contributed by atoms with Crippen LogP contribution >= 0.6 is 0 Å². The molecule has 0 fully saturated rings. The number of fused-ring (bicyclic) bond motifs is 2. The minimum atomic E-state index is -0.266. The van der Waals surface area contributed by atoms with Gasteiger partial charge in [-0.25, -0.2) is 4.79 Å². The number of amides is 1. The molecule has 5 heteroatoms. The van der Waals surface area contributed by atoms with Gasteiger partial charge in [0.25, 0.3) is 5.91 Å². The predicted octanol–water partition coefficient (Wildman–Crippen LogP) is 3.26. The molecule has 0 unspecified atom stereocenters. The Balaban J connectivity index is 1.71. The Labute approximate surface area is 131 Å². The number of carbonyl (C=O) groups is 1. The number of hydrogen-bond donors (Lipinski definition) is 3. The number of carbonyl (C=O) groups excluding carboxylic acids is 1. The third kappa shape index (κ3) is 2.38. The summed E-state index contributed by atoms with van der Waals surface area (Å²) < 4.78 is 0. The van der Waals surface area contributed by atoms with Crippen LogP contribution in [-0.2, 0) is 0 Å². The highest BCUT2D eigenvalue weighted by Crippen LogP contribution is 2.21. The normalized spacial score (nSPS) is 11.0. The molecule has 0 radical (unpaired) electrons. The number of aromatic nitrogens is 2. The van der Waals surface area contributed by atoms with Crippen LogP contribution in [0.4, 0.5) is 5.69 Å². The van der Waals surface area contributed by atoms with E-state index >= 15 is 0 Å². The third-order valence-electron chi connectivity index (χ3n) is 3.81. The van der Waals surface area contributed by atoms with E-state index in [9.17, 15) is 9.59 Å². The van der Waals surface area contributed by atoms with E-state index in [4.69, 9.17) is 0 Å². The van der Waals surface area contributed by atoms with E-state index < -0.39 is 0 Å². The van der Waals surface area contributed by atoms with Crippen LogP contribution in [0.25, 0.3) is 21.8 Å². The molecular formula is C18H13N3O2. The van der Waals surface area contributed by atoms with Crippen LogP contribution in [0, 0.1) is 0 Å². The van der Waals surface area contributed by atoms with Crippen molar-refractivity contribution in [1.29, 1.82) is 0 Å². The summed E-state index contributed by atoms with van der Waals surface area (Å²) in [7, 11) is 0. The smallest absolute Gasteiger partial charge is 0.322 e. The summed E-state index contributed by atoms with van der Waals surface area (Å²) in [5, 5.41) is 4.80. The van der Waals surface area contributed by atoms with Crippen LogP contribution in [0.2, 0.25) is 0 Å². The van der Waals surface area contributed by atoms with Crippen LogP contribution in [0.15, 0.2) is 65.5 Å². The van der Waals surface area contributed by atoms with Gasteiger partial charge in [-0.3, -0.25) is 4.79 Å². The molecule has 1 amide bonds. The summed E-state index contributed by atoms with van der Waals surface area (Å²) in [5.41, 5.74) is 2.35. The molecule has 1 aromatic heterocycles. The largest absolute Gasteiger partial charge is 0.323 e. The first kappa shape index (κ1) is 13.3. The number of benzene rings is 3. The van der Waals surface area contributed by atoms with Gasteiger partial charge in [0.2, 0.25) is 0 Å². The van der Waals surface area contributed by atoms with E-state index in [1.807, 2.05) is 36.4 Å². The molecule has 0 aliphatic heterocycles. The number of H-pyrrole nitrogens is 2. The van der Waals surface area contributed by atoms with Crippen molar-refractivity contribution in [3.8, 4) is 0 Å². The molecular weight excluding hydrogens is 290 g/mol. The third-order valence-corrected chi connectivity index (χ3v) is 3.81. The van der Waals surface area contributed by atoms with Gasteiger partial charge in [0.15, 0.2) is 0 Å². The van der Waals surface area contributed by atoms with Crippen LogP contribution in [0.5, 0.6) is 0 Å². The number of aromatic amines is 2. The summed E-state index contributed by atoms with van der Waals surface area (Å²) in [6, 6.07) is 18.6. The highest BCUT2D eigenvalue weighted by Gasteiger charge is 2.10. The molecule has 0 saturated heterocycles. The Morgan fingerprint density at radius 2 is 1.65 bits per heavy atom.